The third-order valence-corrected chi connectivity index (χ3v) is 2.91. The van der Waals surface area contributed by atoms with Crippen molar-refractivity contribution in [2.24, 2.45) is 0 Å². The molecule has 7 heteroatoms. The standard InChI is InChI=1S/C16H25N3O4/c1-16(2,3)23-15(21)18-17-13(14(20)19(4)22-5)11-12-9-7-6-8-10-12/h6-10,13,17H,11H2,1-5H3,(H,18,21)/t13-/m0/s1. The zero-order valence-corrected chi connectivity index (χ0v) is 14.3. The molecular weight excluding hydrogens is 298 g/mol. The molecule has 0 saturated heterocycles. The molecule has 0 unspecified atom stereocenters. The fraction of sp³-hybridized carbons (Fsp3) is 0.500. The van der Waals surface area contributed by atoms with Gasteiger partial charge in [0.25, 0.3) is 5.91 Å². The second kappa shape index (κ2) is 8.50. The van der Waals surface area contributed by atoms with Gasteiger partial charge in [-0.2, -0.15) is 0 Å². The minimum Gasteiger partial charge on any atom is -0.443 e. The van der Waals surface area contributed by atoms with Gasteiger partial charge in [-0.25, -0.2) is 15.3 Å². The summed E-state index contributed by atoms with van der Waals surface area (Å²) >= 11 is 0. The van der Waals surface area contributed by atoms with Gasteiger partial charge in [0.2, 0.25) is 0 Å². The topological polar surface area (TPSA) is 79.9 Å². The molecule has 0 aromatic heterocycles. The van der Waals surface area contributed by atoms with Crippen LogP contribution in [0.3, 0.4) is 0 Å². The summed E-state index contributed by atoms with van der Waals surface area (Å²) in [7, 11) is 2.91. The first-order valence-electron chi connectivity index (χ1n) is 7.33. The van der Waals surface area contributed by atoms with Gasteiger partial charge in [0.15, 0.2) is 0 Å². The number of nitrogens with zero attached hydrogens (tertiary/aromatic N) is 1. The predicted molar refractivity (Wildman–Crippen MR) is 86.2 cm³/mol. The maximum atomic E-state index is 12.3. The molecule has 23 heavy (non-hydrogen) atoms. The number of carbonyl (C=O) groups is 2. The van der Waals surface area contributed by atoms with Gasteiger partial charge in [-0.1, -0.05) is 30.3 Å². The average molecular weight is 323 g/mol. The number of hydrazine groups is 1. The highest BCUT2D eigenvalue weighted by atomic mass is 16.7. The number of amides is 2. The first kappa shape index (κ1) is 18.9. The smallest absolute Gasteiger partial charge is 0.422 e. The van der Waals surface area contributed by atoms with Crippen LogP contribution < -0.4 is 10.9 Å². The number of nitrogens with one attached hydrogen (secondary N) is 2. The van der Waals surface area contributed by atoms with Crippen LogP contribution in [-0.2, 0) is 20.8 Å². The highest BCUT2D eigenvalue weighted by molar-refractivity contribution is 5.81. The summed E-state index contributed by atoms with van der Waals surface area (Å²) in [6.07, 6.45) is -0.258. The minimum atomic E-state index is -0.685. The average Bonchev–Trinajstić information content (AvgIpc) is 2.49. The van der Waals surface area contributed by atoms with Crippen molar-refractivity contribution in [2.75, 3.05) is 14.2 Å². The van der Waals surface area contributed by atoms with Gasteiger partial charge in [-0.3, -0.25) is 15.1 Å². The fourth-order valence-corrected chi connectivity index (χ4v) is 1.81. The molecule has 0 aliphatic rings. The van der Waals surface area contributed by atoms with Crippen LogP contribution in [0.5, 0.6) is 0 Å². The molecule has 7 nitrogen and oxygen atoms in total. The van der Waals surface area contributed by atoms with E-state index in [1.165, 1.54) is 14.2 Å². The minimum absolute atomic E-state index is 0.313. The molecule has 0 fully saturated rings. The number of hydrogen-bond acceptors (Lipinski definition) is 5. The van der Waals surface area contributed by atoms with Crippen molar-refractivity contribution in [3.63, 3.8) is 0 Å². The molecule has 0 aliphatic heterocycles. The zero-order valence-electron chi connectivity index (χ0n) is 14.3. The molecular formula is C16H25N3O4. The van der Waals surface area contributed by atoms with Crippen molar-refractivity contribution in [2.45, 2.75) is 38.8 Å². The molecule has 0 heterocycles. The van der Waals surface area contributed by atoms with Gasteiger partial charge in [-0.15, -0.1) is 0 Å². The second-order valence-corrected chi connectivity index (χ2v) is 6.03. The molecule has 0 aliphatic carbocycles. The number of ether oxygens (including phenoxy) is 1. The summed E-state index contributed by atoms with van der Waals surface area (Å²) < 4.78 is 5.14. The number of rotatable bonds is 6. The Morgan fingerprint density at radius 2 is 1.83 bits per heavy atom. The van der Waals surface area contributed by atoms with Crippen LogP contribution in [0.2, 0.25) is 0 Å². The van der Waals surface area contributed by atoms with Crippen LogP contribution in [0.25, 0.3) is 0 Å². The lowest BCUT2D eigenvalue weighted by Crippen LogP contribution is -2.53. The number of likely N-dealkylation sites (N-methyl/N-ethyl adjacent to an activating group) is 1. The number of hydrogen-bond donors (Lipinski definition) is 2. The normalized spacial score (nSPS) is 12.4. The molecule has 0 bridgehead atoms. The van der Waals surface area contributed by atoms with Crippen LogP contribution in [-0.4, -0.2) is 42.9 Å². The Kier molecular flexibility index (Phi) is 6.99. The molecule has 128 valence electrons. The van der Waals surface area contributed by atoms with Crippen molar-refractivity contribution < 1.29 is 19.2 Å². The van der Waals surface area contributed by atoms with Gasteiger partial charge in [0.05, 0.1) is 7.11 Å². The van der Waals surface area contributed by atoms with E-state index in [9.17, 15) is 9.59 Å². The van der Waals surface area contributed by atoms with Gasteiger partial charge in [0, 0.05) is 7.05 Å². The lowest BCUT2D eigenvalue weighted by Gasteiger charge is -2.24. The van der Waals surface area contributed by atoms with E-state index in [1.807, 2.05) is 30.3 Å². The Labute approximate surface area is 136 Å². The summed E-state index contributed by atoms with van der Waals surface area (Å²) in [4.78, 5) is 29.0. The molecule has 0 saturated carbocycles. The van der Waals surface area contributed by atoms with E-state index < -0.39 is 17.7 Å². The van der Waals surface area contributed by atoms with Crippen molar-refractivity contribution in [1.29, 1.82) is 0 Å². The highest BCUT2D eigenvalue weighted by Crippen LogP contribution is 2.07. The van der Waals surface area contributed by atoms with Gasteiger partial charge < -0.3 is 4.74 Å². The Morgan fingerprint density at radius 3 is 2.35 bits per heavy atom. The second-order valence-electron chi connectivity index (χ2n) is 6.03. The van der Waals surface area contributed by atoms with Crippen molar-refractivity contribution in [3.8, 4) is 0 Å². The van der Waals surface area contributed by atoms with Crippen molar-refractivity contribution >= 4 is 12.0 Å². The van der Waals surface area contributed by atoms with Gasteiger partial charge in [-0.05, 0) is 32.8 Å². The third-order valence-electron chi connectivity index (χ3n) is 2.91. The zero-order chi connectivity index (χ0) is 17.5. The summed E-state index contributed by atoms with van der Waals surface area (Å²) in [5.74, 6) is -0.313. The van der Waals surface area contributed by atoms with Crippen LogP contribution in [0.4, 0.5) is 4.79 Å². The molecule has 2 N–H and O–H groups in total. The van der Waals surface area contributed by atoms with Crippen LogP contribution in [0.15, 0.2) is 30.3 Å². The van der Waals surface area contributed by atoms with Crippen LogP contribution in [0.1, 0.15) is 26.3 Å². The van der Waals surface area contributed by atoms with E-state index >= 15 is 0 Å². The molecule has 1 aromatic rings. The van der Waals surface area contributed by atoms with E-state index in [4.69, 9.17) is 9.57 Å². The lowest BCUT2D eigenvalue weighted by molar-refractivity contribution is -0.171. The van der Waals surface area contributed by atoms with E-state index in [2.05, 4.69) is 10.9 Å². The maximum Gasteiger partial charge on any atom is 0.422 e. The lowest BCUT2D eigenvalue weighted by atomic mass is 10.1. The predicted octanol–water partition coefficient (Wildman–Crippen LogP) is 1.65. The van der Waals surface area contributed by atoms with Gasteiger partial charge >= 0.3 is 6.09 Å². The van der Waals surface area contributed by atoms with E-state index in [1.54, 1.807) is 20.8 Å². The Balaban J connectivity index is 2.72. The van der Waals surface area contributed by atoms with E-state index in [0.717, 1.165) is 10.6 Å². The molecule has 0 spiro atoms. The molecule has 1 aromatic carbocycles. The van der Waals surface area contributed by atoms with Crippen LogP contribution >= 0.6 is 0 Å². The number of carbonyl (C=O) groups excluding carboxylic acids is 2. The van der Waals surface area contributed by atoms with E-state index in [-0.39, 0.29) is 5.91 Å². The summed E-state index contributed by atoms with van der Waals surface area (Å²) in [6.45, 7) is 5.29. The maximum absolute atomic E-state index is 12.3. The van der Waals surface area contributed by atoms with Crippen molar-refractivity contribution in [3.05, 3.63) is 35.9 Å². The number of hydroxylamine groups is 2. The Morgan fingerprint density at radius 1 is 1.22 bits per heavy atom. The fourth-order valence-electron chi connectivity index (χ4n) is 1.81. The van der Waals surface area contributed by atoms with Crippen LogP contribution in [0, 0.1) is 0 Å². The summed E-state index contributed by atoms with van der Waals surface area (Å²) in [5.41, 5.74) is 5.45. The largest absolute Gasteiger partial charge is 0.443 e. The monoisotopic (exact) mass is 323 g/mol. The Hall–Kier alpha value is -2.12. The SMILES string of the molecule is CON(C)C(=O)[C@H](Cc1ccccc1)NNC(=O)OC(C)(C)C. The van der Waals surface area contributed by atoms with Gasteiger partial charge in [0.1, 0.15) is 11.6 Å². The van der Waals surface area contributed by atoms with Crippen molar-refractivity contribution in [1.82, 2.24) is 15.9 Å². The molecule has 1 atom stereocenters. The first-order valence-corrected chi connectivity index (χ1v) is 7.33. The van der Waals surface area contributed by atoms with E-state index in [0.29, 0.717) is 6.42 Å². The quantitative estimate of drug-likeness (QED) is 0.778. The Bertz CT molecular complexity index is 514. The molecule has 0 radical (unpaired) electrons. The number of benzene rings is 1. The first-order chi connectivity index (χ1) is 10.7. The summed E-state index contributed by atoms with van der Waals surface area (Å²) in [6, 6.07) is 8.80. The summed E-state index contributed by atoms with van der Waals surface area (Å²) in [5, 5.41) is 1.11. The third kappa shape index (κ3) is 7.12. The highest BCUT2D eigenvalue weighted by Gasteiger charge is 2.24. The molecule has 1 rings (SSSR count). The molecule has 2 amide bonds.